The molecule has 1 aliphatic heterocycles. The van der Waals surface area contributed by atoms with Crippen molar-refractivity contribution in [3.8, 4) is 0 Å². The van der Waals surface area contributed by atoms with E-state index in [0.717, 1.165) is 31.2 Å². The minimum absolute atomic E-state index is 0.532. The molecule has 4 nitrogen and oxygen atoms in total. The third-order valence-corrected chi connectivity index (χ3v) is 2.94. The van der Waals surface area contributed by atoms with E-state index in [-0.39, 0.29) is 0 Å². The second-order valence-electron chi connectivity index (χ2n) is 3.94. The fourth-order valence-corrected chi connectivity index (χ4v) is 1.90. The monoisotopic (exact) mass is 205 g/mol. The van der Waals surface area contributed by atoms with Crippen molar-refractivity contribution in [2.45, 2.75) is 19.8 Å². The first-order valence-electron chi connectivity index (χ1n) is 5.35. The molecule has 0 bridgehead atoms. The first-order valence-corrected chi connectivity index (χ1v) is 5.35. The fraction of sp³-hybridized carbons (Fsp3) is 0.545. The number of carbonyl (C=O) groups excluding carboxylic acids is 1. The zero-order valence-corrected chi connectivity index (χ0v) is 8.89. The Kier molecular flexibility index (Phi) is 2.94. The highest BCUT2D eigenvalue weighted by Gasteiger charge is 2.22. The highest BCUT2D eigenvalue weighted by atomic mass is 16.1. The van der Waals surface area contributed by atoms with Crippen molar-refractivity contribution in [1.29, 1.82) is 0 Å². The van der Waals surface area contributed by atoms with Crippen LogP contribution in [-0.2, 0) is 0 Å². The summed E-state index contributed by atoms with van der Waals surface area (Å²) >= 11 is 0. The summed E-state index contributed by atoms with van der Waals surface area (Å²) < 4.78 is 0. The lowest BCUT2D eigenvalue weighted by Crippen LogP contribution is -2.21. The molecule has 1 atom stereocenters. The van der Waals surface area contributed by atoms with Gasteiger partial charge in [0.25, 0.3) is 0 Å². The zero-order valence-electron chi connectivity index (χ0n) is 8.89. The van der Waals surface area contributed by atoms with Crippen molar-refractivity contribution in [1.82, 2.24) is 9.97 Å². The Morgan fingerprint density at radius 1 is 1.53 bits per heavy atom. The van der Waals surface area contributed by atoms with E-state index in [1.165, 1.54) is 12.8 Å². The van der Waals surface area contributed by atoms with Gasteiger partial charge in [0.2, 0.25) is 5.95 Å². The third-order valence-electron chi connectivity index (χ3n) is 2.94. The van der Waals surface area contributed by atoms with Gasteiger partial charge in [-0.15, -0.1) is 0 Å². The van der Waals surface area contributed by atoms with Crippen molar-refractivity contribution in [3.63, 3.8) is 0 Å². The van der Waals surface area contributed by atoms with Crippen LogP contribution in [0.25, 0.3) is 0 Å². The van der Waals surface area contributed by atoms with Gasteiger partial charge in [-0.2, -0.15) is 0 Å². The third kappa shape index (κ3) is 2.14. The minimum Gasteiger partial charge on any atom is -0.341 e. The number of aromatic nitrogens is 2. The minimum atomic E-state index is 0.532. The maximum Gasteiger partial charge on any atom is 0.225 e. The Labute approximate surface area is 89.3 Å². The van der Waals surface area contributed by atoms with Gasteiger partial charge < -0.3 is 4.90 Å². The van der Waals surface area contributed by atoms with Crippen molar-refractivity contribution >= 4 is 12.2 Å². The molecule has 1 aliphatic rings. The van der Waals surface area contributed by atoms with Gasteiger partial charge in [-0.1, -0.05) is 13.3 Å². The van der Waals surface area contributed by atoms with Gasteiger partial charge in [0.1, 0.15) is 0 Å². The van der Waals surface area contributed by atoms with Crippen LogP contribution in [0.15, 0.2) is 12.4 Å². The molecule has 0 aromatic carbocycles. The molecule has 15 heavy (non-hydrogen) atoms. The van der Waals surface area contributed by atoms with Crippen molar-refractivity contribution in [2.75, 3.05) is 18.0 Å². The van der Waals surface area contributed by atoms with Crippen molar-refractivity contribution < 1.29 is 4.79 Å². The van der Waals surface area contributed by atoms with Crippen molar-refractivity contribution in [3.05, 3.63) is 18.0 Å². The van der Waals surface area contributed by atoms with Crippen LogP contribution in [0.4, 0.5) is 5.95 Å². The van der Waals surface area contributed by atoms with Crippen LogP contribution in [0, 0.1) is 5.92 Å². The topological polar surface area (TPSA) is 46.1 Å². The van der Waals surface area contributed by atoms with Gasteiger partial charge in [-0.25, -0.2) is 9.97 Å². The number of carbonyl (C=O) groups is 1. The normalized spacial score (nSPS) is 20.6. The quantitative estimate of drug-likeness (QED) is 0.702. The molecular weight excluding hydrogens is 190 g/mol. The van der Waals surface area contributed by atoms with Crippen LogP contribution in [0.5, 0.6) is 0 Å². The number of hydrogen-bond acceptors (Lipinski definition) is 4. The van der Waals surface area contributed by atoms with E-state index >= 15 is 0 Å². The maximum atomic E-state index is 10.4. The van der Waals surface area contributed by atoms with E-state index in [0.29, 0.717) is 5.56 Å². The summed E-state index contributed by atoms with van der Waals surface area (Å²) in [5.74, 6) is 1.51. The Hall–Kier alpha value is -1.45. The standard InChI is InChI=1S/C11H15N3O/c1-2-9-3-4-14(7-9)11-12-5-10(8-15)6-13-11/h5-6,8-9H,2-4,7H2,1H3. The van der Waals surface area contributed by atoms with Crippen LogP contribution >= 0.6 is 0 Å². The number of nitrogens with zero attached hydrogens (tertiary/aromatic N) is 3. The molecule has 1 unspecified atom stereocenters. The van der Waals surface area contributed by atoms with Gasteiger partial charge in [-0.3, -0.25) is 4.79 Å². The summed E-state index contributed by atoms with van der Waals surface area (Å²) in [5, 5.41) is 0. The second kappa shape index (κ2) is 4.38. The molecule has 0 saturated carbocycles. The smallest absolute Gasteiger partial charge is 0.225 e. The van der Waals surface area contributed by atoms with Crippen LogP contribution < -0.4 is 4.90 Å². The van der Waals surface area contributed by atoms with Crippen LogP contribution in [0.2, 0.25) is 0 Å². The van der Waals surface area contributed by atoms with Gasteiger partial charge in [0, 0.05) is 25.5 Å². The Bertz CT molecular complexity index is 336. The molecule has 1 saturated heterocycles. The number of anilines is 1. The lowest BCUT2D eigenvalue weighted by molar-refractivity contribution is 0.112. The van der Waals surface area contributed by atoms with E-state index in [4.69, 9.17) is 0 Å². The maximum absolute atomic E-state index is 10.4. The first-order chi connectivity index (χ1) is 7.33. The largest absolute Gasteiger partial charge is 0.341 e. The summed E-state index contributed by atoms with van der Waals surface area (Å²) in [6, 6.07) is 0. The van der Waals surface area contributed by atoms with E-state index < -0.39 is 0 Å². The van der Waals surface area contributed by atoms with Crippen LogP contribution in [0.3, 0.4) is 0 Å². The average Bonchev–Trinajstić information content (AvgIpc) is 2.78. The summed E-state index contributed by atoms with van der Waals surface area (Å²) in [4.78, 5) is 21.0. The van der Waals surface area contributed by atoms with Crippen LogP contribution in [-0.4, -0.2) is 29.3 Å². The molecule has 0 spiro atoms. The van der Waals surface area contributed by atoms with E-state index in [2.05, 4.69) is 21.8 Å². The summed E-state index contributed by atoms with van der Waals surface area (Å²) in [6.07, 6.45) is 6.35. The summed E-state index contributed by atoms with van der Waals surface area (Å²) in [5.41, 5.74) is 0.532. The second-order valence-corrected chi connectivity index (χ2v) is 3.94. The number of aldehydes is 1. The van der Waals surface area contributed by atoms with E-state index in [1.54, 1.807) is 12.4 Å². The van der Waals surface area contributed by atoms with E-state index in [9.17, 15) is 4.79 Å². The fourth-order valence-electron chi connectivity index (χ4n) is 1.90. The molecule has 0 N–H and O–H groups in total. The SMILES string of the molecule is CCC1CCN(c2ncc(C=O)cn2)C1. The zero-order chi connectivity index (χ0) is 10.7. The molecule has 1 aromatic heterocycles. The van der Waals surface area contributed by atoms with Gasteiger partial charge >= 0.3 is 0 Å². The highest BCUT2D eigenvalue weighted by Crippen LogP contribution is 2.22. The molecule has 80 valence electrons. The Morgan fingerprint density at radius 3 is 2.80 bits per heavy atom. The van der Waals surface area contributed by atoms with E-state index in [1.807, 2.05) is 0 Å². The predicted octanol–water partition coefficient (Wildman–Crippen LogP) is 1.53. The molecule has 0 aliphatic carbocycles. The number of rotatable bonds is 3. The lowest BCUT2D eigenvalue weighted by Gasteiger charge is -2.15. The van der Waals surface area contributed by atoms with Gasteiger partial charge in [0.05, 0.1) is 5.56 Å². The Morgan fingerprint density at radius 2 is 2.27 bits per heavy atom. The lowest BCUT2D eigenvalue weighted by atomic mass is 10.1. The highest BCUT2D eigenvalue weighted by molar-refractivity contribution is 5.73. The molecule has 1 fully saturated rings. The molecule has 0 radical (unpaired) electrons. The summed E-state index contributed by atoms with van der Waals surface area (Å²) in [7, 11) is 0. The molecule has 0 amide bonds. The van der Waals surface area contributed by atoms with Crippen LogP contribution in [0.1, 0.15) is 30.1 Å². The van der Waals surface area contributed by atoms with Crippen molar-refractivity contribution in [2.24, 2.45) is 5.92 Å². The molecule has 4 heteroatoms. The van der Waals surface area contributed by atoms with Gasteiger partial charge in [-0.05, 0) is 12.3 Å². The summed E-state index contributed by atoms with van der Waals surface area (Å²) in [6.45, 7) is 4.28. The molecule has 2 heterocycles. The molecule has 1 aromatic rings. The average molecular weight is 205 g/mol. The Balaban J connectivity index is 2.07. The molecular formula is C11H15N3O. The van der Waals surface area contributed by atoms with Gasteiger partial charge in [0.15, 0.2) is 6.29 Å². The number of hydrogen-bond donors (Lipinski definition) is 0. The molecule has 2 rings (SSSR count). The first kappa shape index (κ1) is 10.1. The predicted molar refractivity (Wildman–Crippen MR) is 58.0 cm³/mol.